The molecule has 0 amide bonds. The number of carbonyl (C=O) groups is 1. The van der Waals surface area contributed by atoms with Gasteiger partial charge in [0.15, 0.2) is 0 Å². The number of sulfonamides is 1. The molecule has 0 aliphatic rings. The highest BCUT2D eigenvalue weighted by atomic mass is 32.2. The van der Waals surface area contributed by atoms with Crippen molar-refractivity contribution in [2.24, 2.45) is 0 Å². The molecule has 0 radical (unpaired) electrons. The summed E-state index contributed by atoms with van der Waals surface area (Å²) in [5.41, 5.74) is 3.89. The number of rotatable bonds is 8. The maximum absolute atomic E-state index is 13.7. The lowest BCUT2D eigenvalue weighted by Crippen LogP contribution is -2.31. The van der Waals surface area contributed by atoms with Crippen LogP contribution < -0.4 is 4.47 Å². The third-order valence-electron chi connectivity index (χ3n) is 5.51. The van der Waals surface area contributed by atoms with Crippen molar-refractivity contribution in [1.29, 1.82) is 0 Å². The molecule has 0 fully saturated rings. The van der Waals surface area contributed by atoms with Gasteiger partial charge in [-0.15, -0.1) is 4.47 Å². The number of benzene rings is 4. The summed E-state index contributed by atoms with van der Waals surface area (Å²) in [5.74, 6) is -0.608. The fourth-order valence-corrected chi connectivity index (χ4v) is 4.87. The van der Waals surface area contributed by atoms with Crippen molar-refractivity contribution in [2.75, 3.05) is 11.6 Å². The lowest BCUT2D eigenvalue weighted by Gasteiger charge is -2.24. The molecule has 4 aromatic carbocycles. The highest BCUT2D eigenvalue weighted by molar-refractivity contribution is 7.92. The first kappa shape index (κ1) is 24.2. The number of carbonyl (C=O) groups excluding carboxylic acids is 1. The van der Waals surface area contributed by atoms with Gasteiger partial charge in [0.1, 0.15) is 6.61 Å². The van der Waals surface area contributed by atoms with Crippen molar-refractivity contribution in [2.45, 2.75) is 18.4 Å². The molecule has 0 saturated carbocycles. The van der Waals surface area contributed by atoms with E-state index in [0.717, 1.165) is 21.2 Å². The number of hydrogen-bond donors (Lipinski definition) is 0. The summed E-state index contributed by atoms with van der Waals surface area (Å²) in [4.78, 5) is 18.0. The average Bonchev–Trinajstić information content (AvgIpc) is 2.90. The Bertz CT molecular complexity index is 1400. The van der Waals surface area contributed by atoms with E-state index in [1.807, 2.05) is 72.8 Å². The average molecular weight is 488 g/mol. The minimum Gasteiger partial charge on any atom is -0.465 e. The fraction of sp³-hybridized carbons (Fsp3) is 0.107. The molecule has 35 heavy (non-hydrogen) atoms. The van der Waals surface area contributed by atoms with Crippen molar-refractivity contribution in [3.05, 3.63) is 120 Å². The summed E-state index contributed by atoms with van der Waals surface area (Å²) in [6.45, 7) is 1.75. The van der Waals surface area contributed by atoms with Gasteiger partial charge in [-0.25, -0.2) is 4.79 Å². The van der Waals surface area contributed by atoms with Crippen molar-refractivity contribution in [3.8, 4) is 11.1 Å². The van der Waals surface area contributed by atoms with Crippen LogP contribution in [0.3, 0.4) is 0 Å². The number of hydrogen-bond acceptors (Lipinski definition) is 5. The molecule has 0 N–H and O–H groups in total. The fourth-order valence-electron chi connectivity index (χ4n) is 3.58. The minimum atomic E-state index is -4.18. The number of ether oxygens (including phenoxy) is 1. The molecule has 6 nitrogen and oxygen atoms in total. The van der Waals surface area contributed by atoms with Gasteiger partial charge in [0.25, 0.3) is 10.0 Å². The molecule has 0 aliphatic carbocycles. The molecule has 4 aromatic rings. The smallest absolute Gasteiger partial charge is 0.338 e. The van der Waals surface area contributed by atoms with Crippen LogP contribution in [0.1, 0.15) is 21.5 Å². The van der Waals surface area contributed by atoms with E-state index in [9.17, 15) is 13.2 Å². The topological polar surface area (TPSA) is 72.9 Å². The van der Waals surface area contributed by atoms with Crippen LogP contribution in [0.15, 0.2) is 108 Å². The Hall–Kier alpha value is -3.94. The van der Waals surface area contributed by atoms with Gasteiger partial charge in [-0.1, -0.05) is 78.9 Å². The zero-order valence-electron chi connectivity index (χ0n) is 19.4. The van der Waals surface area contributed by atoms with Gasteiger partial charge in [0, 0.05) is 0 Å². The van der Waals surface area contributed by atoms with Crippen LogP contribution in [0.25, 0.3) is 11.1 Å². The lowest BCUT2D eigenvalue weighted by atomic mass is 10.1. The molecular weight excluding hydrogens is 462 g/mol. The van der Waals surface area contributed by atoms with E-state index in [0.29, 0.717) is 11.3 Å². The van der Waals surface area contributed by atoms with Crippen LogP contribution >= 0.6 is 0 Å². The van der Waals surface area contributed by atoms with Gasteiger partial charge < -0.3 is 4.74 Å². The Balaban J connectivity index is 1.73. The van der Waals surface area contributed by atoms with Crippen LogP contribution in [0.5, 0.6) is 0 Å². The molecule has 0 saturated heterocycles. The molecule has 178 valence electrons. The second-order valence-electron chi connectivity index (χ2n) is 7.87. The lowest BCUT2D eigenvalue weighted by molar-refractivity contribution is 0.0599. The Morgan fingerprint density at radius 2 is 1.40 bits per heavy atom. The van der Waals surface area contributed by atoms with Crippen LogP contribution in [0.2, 0.25) is 0 Å². The van der Waals surface area contributed by atoms with E-state index in [1.54, 1.807) is 25.1 Å². The molecule has 0 spiro atoms. The summed E-state index contributed by atoms with van der Waals surface area (Å²) in [7, 11) is -2.92. The van der Waals surface area contributed by atoms with Crippen LogP contribution in [0, 0.1) is 6.92 Å². The zero-order valence-corrected chi connectivity index (χ0v) is 20.2. The summed E-state index contributed by atoms with van der Waals surface area (Å²) < 4.78 is 33.2. The van der Waals surface area contributed by atoms with Gasteiger partial charge in [-0.2, -0.15) is 8.42 Å². The monoisotopic (exact) mass is 487 g/mol. The van der Waals surface area contributed by atoms with E-state index in [1.165, 1.54) is 19.2 Å². The Morgan fingerprint density at radius 3 is 2.03 bits per heavy atom. The van der Waals surface area contributed by atoms with Gasteiger partial charge >= 0.3 is 5.97 Å². The Morgan fingerprint density at radius 1 is 0.800 bits per heavy atom. The molecule has 0 heterocycles. The number of methoxy groups -OCH3 is 1. The van der Waals surface area contributed by atoms with Crippen molar-refractivity contribution >= 4 is 21.7 Å². The summed E-state index contributed by atoms with van der Waals surface area (Å²) in [6.07, 6.45) is 0. The third-order valence-corrected chi connectivity index (χ3v) is 7.11. The molecule has 7 heteroatoms. The first-order valence-corrected chi connectivity index (χ1v) is 12.4. The Kier molecular flexibility index (Phi) is 7.29. The predicted molar refractivity (Wildman–Crippen MR) is 135 cm³/mol. The normalized spacial score (nSPS) is 11.1. The molecule has 0 bridgehead atoms. The van der Waals surface area contributed by atoms with Crippen molar-refractivity contribution in [1.82, 2.24) is 0 Å². The van der Waals surface area contributed by atoms with E-state index >= 15 is 0 Å². The van der Waals surface area contributed by atoms with Crippen LogP contribution in [-0.4, -0.2) is 21.5 Å². The molecule has 0 aromatic heterocycles. The highest BCUT2D eigenvalue weighted by Crippen LogP contribution is 2.29. The van der Waals surface area contributed by atoms with Gasteiger partial charge in [-0.3, -0.25) is 4.84 Å². The number of nitrogens with zero attached hydrogens (tertiary/aromatic N) is 1. The first-order chi connectivity index (χ1) is 16.9. The Labute approximate surface area is 205 Å². The summed E-state index contributed by atoms with van der Waals surface area (Å²) >= 11 is 0. The second kappa shape index (κ2) is 10.5. The molecule has 4 rings (SSSR count). The van der Waals surface area contributed by atoms with E-state index in [2.05, 4.69) is 0 Å². The summed E-state index contributed by atoms with van der Waals surface area (Å²) in [5, 5.41) is 0. The maximum Gasteiger partial charge on any atom is 0.338 e. The summed E-state index contributed by atoms with van der Waals surface area (Å²) in [6, 6.07) is 30.5. The van der Waals surface area contributed by atoms with Gasteiger partial charge in [0.05, 0.1) is 23.3 Å². The first-order valence-electron chi connectivity index (χ1n) is 11.0. The molecule has 0 aliphatic heterocycles. The maximum atomic E-state index is 13.7. The SMILES string of the molecule is COC(=O)c1cc(S(=O)(=O)N(OCc2ccccc2)c2ccc(-c3ccccc3)cc2)ccc1C. The van der Waals surface area contributed by atoms with Crippen LogP contribution in [0.4, 0.5) is 5.69 Å². The molecule has 0 atom stereocenters. The van der Waals surface area contributed by atoms with E-state index in [-0.39, 0.29) is 17.1 Å². The predicted octanol–water partition coefficient (Wildman–Crippen LogP) is 5.78. The largest absolute Gasteiger partial charge is 0.465 e. The number of aryl methyl sites for hydroxylation is 1. The van der Waals surface area contributed by atoms with Crippen molar-refractivity contribution in [3.63, 3.8) is 0 Å². The minimum absolute atomic E-state index is 0.0379. The van der Waals surface area contributed by atoms with Crippen molar-refractivity contribution < 1.29 is 22.8 Å². The quantitative estimate of drug-likeness (QED) is 0.233. The van der Waals surface area contributed by atoms with Gasteiger partial charge in [-0.05, 0) is 53.4 Å². The standard InChI is InChI=1S/C28H25NO5S/c1-21-13-18-26(19-27(21)28(30)33-2)35(31,32)29(34-20-22-9-5-3-6-10-22)25-16-14-24(15-17-25)23-11-7-4-8-12-23/h3-19H,20H2,1-2H3. The molecule has 0 unspecified atom stereocenters. The highest BCUT2D eigenvalue weighted by Gasteiger charge is 2.28. The number of anilines is 1. The van der Waals surface area contributed by atoms with E-state index in [4.69, 9.17) is 9.57 Å². The van der Waals surface area contributed by atoms with Gasteiger partial charge in [0.2, 0.25) is 0 Å². The number of esters is 1. The molecular formula is C28H25NO5S. The zero-order chi connectivity index (χ0) is 24.8. The second-order valence-corrected chi connectivity index (χ2v) is 9.63. The van der Waals surface area contributed by atoms with E-state index < -0.39 is 16.0 Å². The van der Waals surface area contributed by atoms with Crippen LogP contribution in [-0.2, 0) is 26.2 Å². The third kappa shape index (κ3) is 5.42.